The van der Waals surface area contributed by atoms with Gasteiger partial charge in [0.05, 0.1) is 19.1 Å². The topological polar surface area (TPSA) is 49.8 Å². The van der Waals surface area contributed by atoms with Crippen LogP contribution in [-0.4, -0.2) is 48.3 Å². The number of aliphatic carboxylic acids is 1. The predicted octanol–water partition coefficient (Wildman–Crippen LogP) is 1.21. The van der Waals surface area contributed by atoms with Crippen molar-refractivity contribution >= 4 is 5.97 Å². The Morgan fingerprint density at radius 2 is 2.07 bits per heavy atom. The molecule has 0 aromatic carbocycles. The van der Waals surface area contributed by atoms with E-state index in [0.717, 1.165) is 12.8 Å². The van der Waals surface area contributed by atoms with Crippen molar-refractivity contribution in [3.05, 3.63) is 0 Å². The van der Waals surface area contributed by atoms with Crippen LogP contribution in [0.1, 0.15) is 26.7 Å². The fraction of sp³-hybridized carbons (Fsp3) is 0.909. The van der Waals surface area contributed by atoms with Gasteiger partial charge in [-0.3, -0.25) is 9.69 Å². The number of carboxylic acid groups (broad SMARTS) is 1. The monoisotopic (exact) mass is 215 g/mol. The molecular formula is C11H21NO3. The van der Waals surface area contributed by atoms with Crippen molar-refractivity contribution in [2.45, 2.75) is 38.8 Å². The summed E-state index contributed by atoms with van der Waals surface area (Å²) in [5, 5.41) is 9.05. The Kier molecular flexibility index (Phi) is 4.54. The first kappa shape index (κ1) is 12.5. The molecule has 88 valence electrons. The molecule has 1 aliphatic heterocycles. The Hall–Kier alpha value is -0.610. The van der Waals surface area contributed by atoms with Crippen LogP contribution in [0, 0.1) is 5.92 Å². The molecule has 1 fully saturated rings. The van der Waals surface area contributed by atoms with Crippen molar-refractivity contribution in [2.75, 3.05) is 20.3 Å². The van der Waals surface area contributed by atoms with Crippen LogP contribution in [0.3, 0.4) is 0 Å². The number of carbonyl (C=O) groups is 1. The van der Waals surface area contributed by atoms with E-state index in [1.807, 2.05) is 7.05 Å². The Morgan fingerprint density at radius 3 is 2.53 bits per heavy atom. The predicted molar refractivity (Wildman–Crippen MR) is 57.9 cm³/mol. The fourth-order valence-corrected chi connectivity index (χ4v) is 2.32. The molecule has 2 unspecified atom stereocenters. The summed E-state index contributed by atoms with van der Waals surface area (Å²) >= 11 is 0. The van der Waals surface area contributed by atoms with Gasteiger partial charge in [-0.15, -0.1) is 0 Å². The van der Waals surface area contributed by atoms with Crippen molar-refractivity contribution < 1.29 is 14.6 Å². The normalized spacial score (nSPS) is 26.5. The highest BCUT2D eigenvalue weighted by Crippen LogP contribution is 2.22. The van der Waals surface area contributed by atoms with Gasteiger partial charge in [-0.2, -0.15) is 0 Å². The molecular weight excluding hydrogens is 194 g/mol. The van der Waals surface area contributed by atoms with Crippen molar-refractivity contribution in [3.63, 3.8) is 0 Å². The molecule has 1 N–H and O–H groups in total. The van der Waals surface area contributed by atoms with Gasteiger partial charge in [0.25, 0.3) is 0 Å². The number of hydrogen-bond donors (Lipinski definition) is 1. The van der Waals surface area contributed by atoms with E-state index >= 15 is 0 Å². The highest BCUT2D eigenvalue weighted by Gasteiger charge is 2.38. The summed E-state index contributed by atoms with van der Waals surface area (Å²) in [5.74, 6) is -1.11. The van der Waals surface area contributed by atoms with Crippen LogP contribution in [0.15, 0.2) is 0 Å². The number of ether oxygens (including phenoxy) is 1. The Morgan fingerprint density at radius 1 is 1.47 bits per heavy atom. The van der Waals surface area contributed by atoms with Crippen molar-refractivity contribution in [3.8, 4) is 0 Å². The smallest absolute Gasteiger partial charge is 0.310 e. The zero-order valence-electron chi connectivity index (χ0n) is 9.77. The lowest BCUT2D eigenvalue weighted by molar-refractivity contribution is -0.143. The van der Waals surface area contributed by atoms with Gasteiger partial charge in [0.1, 0.15) is 0 Å². The highest BCUT2D eigenvalue weighted by molar-refractivity contribution is 5.71. The van der Waals surface area contributed by atoms with Crippen LogP contribution >= 0.6 is 0 Å². The first-order valence-corrected chi connectivity index (χ1v) is 5.64. The summed E-state index contributed by atoms with van der Waals surface area (Å²) in [6.45, 7) is 5.17. The van der Waals surface area contributed by atoms with Crippen molar-refractivity contribution in [1.29, 1.82) is 0 Å². The van der Waals surface area contributed by atoms with Gasteiger partial charge in [0.15, 0.2) is 0 Å². The molecule has 4 nitrogen and oxygen atoms in total. The maximum Gasteiger partial charge on any atom is 0.310 e. The number of rotatable bonds is 5. The quantitative estimate of drug-likeness (QED) is 0.749. The van der Waals surface area contributed by atoms with Gasteiger partial charge < -0.3 is 9.84 Å². The number of carboxylic acids is 1. The SMILES string of the molecule is CCC(CC)N(C)C1COCC1C(=O)O. The molecule has 15 heavy (non-hydrogen) atoms. The average Bonchev–Trinajstić information content (AvgIpc) is 2.67. The molecule has 0 aliphatic carbocycles. The second kappa shape index (κ2) is 5.47. The van der Waals surface area contributed by atoms with Gasteiger partial charge in [-0.05, 0) is 19.9 Å². The molecule has 1 saturated heterocycles. The van der Waals surface area contributed by atoms with Gasteiger partial charge >= 0.3 is 5.97 Å². The van der Waals surface area contributed by atoms with Gasteiger partial charge in [0.2, 0.25) is 0 Å². The summed E-state index contributed by atoms with van der Waals surface area (Å²) in [6.07, 6.45) is 2.10. The molecule has 0 radical (unpaired) electrons. The number of hydrogen-bond acceptors (Lipinski definition) is 3. The zero-order valence-corrected chi connectivity index (χ0v) is 9.77. The van der Waals surface area contributed by atoms with Crippen LogP contribution in [0.4, 0.5) is 0 Å². The van der Waals surface area contributed by atoms with Crippen LogP contribution in [-0.2, 0) is 9.53 Å². The lowest BCUT2D eigenvalue weighted by Gasteiger charge is -2.32. The first-order valence-electron chi connectivity index (χ1n) is 5.64. The second-order valence-electron chi connectivity index (χ2n) is 4.19. The van der Waals surface area contributed by atoms with E-state index in [1.165, 1.54) is 0 Å². The van der Waals surface area contributed by atoms with E-state index in [0.29, 0.717) is 19.3 Å². The highest BCUT2D eigenvalue weighted by atomic mass is 16.5. The largest absolute Gasteiger partial charge is 0.481 e. The molecule has 0 aromatic heterocycles. The molecule has 0 bridgehead atoms. The molecule has 4 heteroatoms. The van der Waals surface area contributed by atoms with Gasteiger partial charge in [-0.25, -0.2) is 0 Å². The van der Waals surface area contributed by atoms with Crippen molar-refractivity contribution in [2.24, 2.45) is 5.92 Å². The Bertz CT molecular complexity index is 216. The third-order valence-corrected chi connectivity index (χ3v) is 3.41. The van der Waals surface area contributed by atoms with E-state index in [4.69, 9.17) is 9.84 Å². The maximum absolute atomic E-state index is 11.0. The standard InChI is InChI=1S/C11H21NO3/c1-4-8(5-2)12(3)10-7-15-6-9(10)11(13)14/h8-10H,4-7H2,1-3H3,(H,13,14). The summed E-state index contributed by atoms with van der Waals surface area (Å²) in [5.41, 5.74) is 0. The molecule has 0 saturated carbocycles. The third-order valence-electron chi connectivity index (χ3n) is 3.41. The fourth-order valence-electron chi connectivity index (χ4n) is 2.32. The summed E-state index contributed by atoms with van der Waals surface area (Å²) < 4.78 is 5.27. The summed E-state index contributed by atoms with van der Waals surface area (Å²) in [7, 11) is 2.01. The van der Waals surface area contributed by atoms with E-state index in [1.54, 1.807) is 0 Å². The van der Waals surface area contributed by atoms with Gasteiger partial charge in [-0.1, -0.05) is 13.8 Å². The Labute approximate surface area is 91.2 Å². The van der Waals surface area contributed by atoms with E-state index in [9.17, 15) is 4.79 Å². The molecule has 2 atom stereocenters. The molecule has 1 heterocycles. The number of likely N-dealkylation sites (N-methyl/N-ethyl adjacent to an activating group) is 1. The molecule has 0 spiro atoms. The minimum atomic E-state index is -0.740. The summed E-state index contributed by atoms with van der Waals surface area (Å²) in [4.78, 5) is 13.2. The molecule has 1 rings (SSSR count). The van der Waals surface area contributed by atoms with Crippen LogP contribution in [0.2, 0.25) is 0 Å². The van der Waals surface area contributed by atoms with E-state index in [-0.39, 0.29) is 12.0 Å². The van der Waals surface area contributed by atoms with Crippen LogP contribution in [0.5, 0.6) is 0 Å². The minimum absolute atomic E-state index is 0.0346. The number of nitrogens with zero attached hydrogens (tertiary/aromatic N) is 1. The lowest BCUT2D eigenvalue weighted by Crippen LogP contribution is -2.45. The van der Waals surface area contributed by atoms with E-state index in [2.05, 4.69) is 18.7 Å². The molecule has 0 aromatic rings. The first-order chi connectivity index (χ1) is 7.11. The second-order valence-corrected chi connectivity index (χ2v) is 4.19. The van der Waals surface area contributed by atoms with E-state index < -0.39 is 5.97 Å². The van der Waals surface area contributed by atoms with Crippen LogP contribution < -0.4 is 0 Å². The lowest BCUT2D eigenvalue weighted by atomic mass is 9.99. The minimum Gasteiger partial charge on any atom is -0.481 e. The molecule has 0 amide bonds. The average molecular weight is 215 g/mol. The molecule has 1 aliphatic rings. The van der Waals surface area contributed by atoms with Crippen molar-refractivity contribution in [1.82, 2.24) is 4.90 Å². The van der Waals surface area contributed by atoms with Gasteiger partial charge in [0, 0.05) is 12.1 Å². The third kappa shape index (κ3) is 2.69. The zero-order chi connectivity index (χ0) is 11.4. The maximum atomic E-state index is 11.0. The summed E-state index contributed by atoms with van der Waals surface area (Å²) in [6, 6.07) is 0.492. The van der Waals surface area contributed by atoms with Crippen LogP contribution in [0.25, 0.3) is 0 Å². The Balaban J connectivity index is 2.64.